The predicted molar refractivity (Wildman–Crippen MR) is 80.6 cm³/mol. The van der Waals surface area contributed by atoms with Gasteiger partial charge in [-0.3, -0.25) is 0 Å². The third-order valence-corrected chi connectivity index (χ3v) is 7.77. The molecule has 0 aromatic heterocycles. The fraction of sp³-hybridized carbons (Fsp3) is 1.00. The Bertz CT molecular complexity index is 448. The molecule has 120 valence electrons. The minimum absolute atomic E-state index is 0.168. The summed E-state index contributed by atoms with van der Waals surface area (Å²) in [5.41, 5.74) is 0.667. The maximum atomic E-state index is 6.31. The number of hydrogen-bond donors (Lipinski definition) is 0. The Hall–Kier alpha value is -0.120. The van der Waals surface area contributed by atoms with Crippen LogP contribution in [0, 0.1) is 28.6 Å². The molecule has 1 spiro atoms. The summed E-state index contributed by atoms with van der Waals surface area (Å²) in [5, 5.41) is 0. The highest BCUT2D eigenvalue weighted by molar-refractivity contribution is 5.20. The van der Waals surface area contributed by atoms with Crippen molar-refractivity contribution in [3.8, 4) is 0 Å². The first kappa shape index (κ1) is 14.5. The van der Waals surface area contributed by atoms with Gasteiger partial charge >= 0.3 is 0 Å². The fourth-order valence-corrected chi connectivity index (χ4v) is 6.74. The lowest BCUT2D eigenvalue weighted by Crippen LogP contribution is -2.52. The topological polar surface area (TPSA) is 27.7 Å². The summed E-state index contributed by atoms with van der Waals surface area (Å²) < 4.78 is 18.1. The van der Waals surface area contributed by atoms with Gasteiger partial charge in [-0.15, -0.1) is 0 Å². The predicted octanol–water partition coefficient (Wildman–Crippen LogP) is 3.96. The van der Waals surface area contributed by atoms with Gasteiger partial charge in [-0.05, 0) is 68.1 Å². The molecule has 0 aromatic carbocycles. The molecule has 21 heavy (non-hydrogen) atoms. The quantitative estimate of drug-likeness (QED) is 0.771. The van der Waals surface area contributed by atoms with Crippen LogP contribution in [-0.4, -0.2) is 24.8 Å². The molecule has 4 aliphatic rings. The van der Waals surface area contributed by atoms with Crippen LogP contribution >= 0.6 is 0 Å². The molecule has 3 heteroatoms. The average molecular weight is 294 g/mol. The molecule has 1 heterocycles. The van der Waals surface area contributed by atoms with Crippen molar-refractivity contribution in [1.29, 1.82) is 0 Å². The molecule has 7 atom stereocenters. The SMILES string of the molecule is CCOC1O[C@H]2C[C@@]34C[C@H](C(C)(C)[C@@H]3CC[C@H]4C)[C@@]2(C)O1. The normalized spacial score (nSPS) is 57.3. The zero-order valence-corrected chi connectivity index (χ0v) is 14.1. The van der Waals surface area contributed by atoms with Gasteiger partial charge in [0.25, 0.3) is 6.48 Å². The summed E-state index contributed by atoms with van der Waals surface area (Å²) in [5.74, 6) is 2.25. The summed E-state index contributed by atoms with van der Waals surface area (Å²) in [6, 6.07) is 0. The van der Waals surface area contributed by atoms with E-state index >= 15 is 0 Å². The molecule has 0 amide bonds. The van der Waals surface area contributed by atoms with Crippen molar-refractivity contribution in [2.45, 2.75) is 78.5 Å². The molecule has 0 N–H and O–H groups in total. The van der Waals surface area contributed by atoms with Gasteiger partial charge in [0.05, 0.1) is 6.10 Å². The van der Waals surface area contributed by atoms with E-state index in [1.54, 1.807) is 0 Å². The molecule has 3 aliphatic carbocycles. The van der Waals surface area contributed by atoms with Crippen LogP contribution in [0.4, 0.5) is 0 Å². The number of ether oxygens (including phenoxy) is 3. The van der Waals surface area contributed by atoms with Crippen LogP contribution in [-0.2, 0) is 14.2 Å². The van der Waals surface area contributed by atoms with Crippen LogP contribution in [0.25, 0.3) is 0 Å². The highest BCUT2D eigenvalue weighted by atomic mass is 16.9. The molecule has 3 nitrogen and oxygen atoms in total. The Balaban J connectivity index is 1.72. The Kier molecular flexibility index (Phi) is 2.92. The van der Waals surface area contributed by atoms with E-state index < -0.39 is 6.48 Å². The molecule has 3 saturated carbocycles. The minimum atomic E-state index is -0.452. The molecule has 1 unspecified atom stereocenters. The van der Waals surface area contributed by atoms with Crippen molar-refractivity contribution in [2.24, 2.45) is 28.6 Å². The van der Waals surface area contributed by atoms with Gasteiger partial charge < -0.3 is 14.2 Å². The van der Waals surface area contributed by atoms with E-state index in [0.29, 0.717) is 23.4 Å². The van der Waals surface area contributed by atoms with Crippen LogP contribution in [0.5, 0.6) is 0 Å². The standard InChI is InChI=1S/C18H30O3/c1-6-19-15-20-14-10-18-9-13(17(14,5)21-15)16(3,4)12(18)8-7-11(18)2/h11-15H,6-10H2,1-5H3/t11-,12+,13-,14+,15?,17-,18-/m1/s1. The van der Waals surface area contributed by atoms with E-state index in [1.807, 2.05) is 6.92 Å². The van der Waals surface area contributed by atoms with Gasteiger partial charge in [0, 0.05) is 6.61 Å². The largest absolute Gasteiger partial charge is 0.330 e. The van der Waals surface area contributed by atoms with Crippen LogP contribution < -0.4 is 0 Å². The minimum Gasteiger partial charge on any atom is -0.330 e. The zero-order chi connectivity index (χ0) is 15.0. The van der Waals surface area contributed by atoms with Crippen molar-refractivity contribution in [1.82, 2.24) is 0 Å². The Morgan fingerprint density at radius 2 is 1.86 bits per heavy atom. The monoisotopic (exact) mass is 294 g/mol. The zero-order valence-electron chi connectivity index (χ0n) is 14.1. The third-order valence-electron chi connectivity index (χ3n) is 7.77. The third kappa shape index (κ3) is 1.61. The van der Waals surface area contributed by atoms with E-state index in [-0.39, 0.29) is 11.7 Å². The molecular formula is C18H30O3. The lowest BCUT2D eigenvalue weighted by Gasteiger charge is -2.46. The Morgan fingerprint density at radius 3 is 2.57 bits per heavy atom. The van der Waals surface area contributed by atoms with Crippen molar-refractivity contribution in [3.63, 3.8) is 0 Å². The van der Waals surface area contributed by atoms with E-state index in [9.17, 15) is 0 Å². The van der Waals surface area contributed by atoms with Gasteiger partial charge in [0.1, 0.15) is 5.60 Å². The van der Waals surface area contributed by atoms with E-state index in [2.05, 4.69) is 27.7 Å². The van der Waals surface area contributed by atoms with Gasteiger partial charge in [-0.2, -0.15) is 0 Å². The summed E-state index contributed by atoms with van der Waals surface area (Å²) in [6.07, 6.45) is 5.47. The second-order valence-electron chi connectivity index (χ2n) is 8.72. The Morgan fingerprint density at radius 1 is 1.10 bits per heavy atom. The molecule has 1 saturated heterocycles. The van der Waals surface area contributed by atoms with Crippen molar-refractivity contribution >= 4 is 0 Å². The summed E-state index contributed by atoms with van der Waals surface area (Å²) in [6.45, 7) is 11.9. The van der Waals surface area contributed by atoms with E-state index in [1.165, 1.54) is 25.7 Å². The first-order valence-corrected chi connectivity index (χ1v) is 8.79. The van der Waals surface area contributed by atoms with Gasteiger partial charge in [0.15, 0.2) is 0 Å². The molecule has 2 bridgehead atoms. The maximum Gasteiger partial charge on any atom is 0.272 e. The first-order valence-electron chi connectivity index (χ1n) is 8.79. The average Bonchev–Trinajstić information content (AvgIpc) is 2.95. The van der Waals surface area contributed by atoms with Gasteiger partial charge in [-0.1, -0.05) is 20.8 Å². The number of hydrogen-bond acceptors (Lipinski definition) is 3. The summed E-state index contributed by atoms with van der Waals surface area (Å²) in [4.78, 5) is 0. The van der Waals surface area contributed by atoms with Crippen molar-refractivity contribution in [3.05, 3.63) is 0 Å². The number of rotatable bonds is 2. The van der Waals surface area contributed by atoms with Gasteiger partial charge in [0.2, 0.25) is 0 Å². The lowest BCUT2D eigenvalue weighted by molar-refractivity contribution is -0.255. The van der Waals surface area contributed by atoms with E-state index in [0.717, 1.165) is 11.8 Å². The molecule has 0 aromatic rings. The van der Waals surface area contributed by atoms with Crippen LogP contribution in [0.3, 0.4) is 0 Å². The highest BCUT2D eigenvalue weighted by Crippen LogP contribution is 2.74. The number of fused-ring (bicyclic) bond motifs is 3. The van der Waals surface area contributed by atoms with Crippen molar-refractivity contribution < 1.29 is 14.2 Å². The van der Waals surface area contributed by atoms with Crippen LogP contribution in [0.15, 0.2) is 0 Å². The summed E-state index contributed by atoms with van der Waals surface area (Å²) >= 11 is 0. The van der Waals surface area contributed by atoms with Crippen molar-refractivity contribution in [2.75, 3.05) is 6.61 Å². The maximum absolute atomic E-state index is 6.31. The van der Waals surface area contributed by atoms with E-state index in [4.69, 9.17) is 14.2 Å². The first-order chi connectivity index (χ1) is 9.84. The second kappa shape index (κ2) is 4.24. The Labute approximate surface area is 128 Å². The summed E-state index contributed by atoms with van der Waals surface area (Å²) in [7, 11) is 0. The molecule has 4 rings (SSSR count). The second-order valence-corrected chi connectivity index (χ2v) is 8.72. The highest BCUT2D eigenvalue weighted by Gasteiger charge is 2.73. The van der Waals surface area contributed by atoms with Gasteiger partial charge in [-0.25, -0.2) is 0 Å². The molecule has 4 fully saturated rings. The smallest absolute Gasteiger partial charge is 0.272 e. The van der Waals surface area contributed by atoms with Crippen LogP contribution in [0.2, 0.25) is 0 Å². The lowest BCUT2D eigenvalue weighted by atomic mass is 9.63. The molecule has 1 aliphatic heterocycles. The fourth-order valence-electron chi connectivity index (χ4n) is 6.74. The molecular weight excluding hydrogens is 264 g/mol. The molecule has 0 radical (unpaired) electrons. The van der Waals surface area contributed by atoms with Crippen LogP contribution in [0.1, 0.15) is 60.3 Å².